The van der Waals surface area contributed by atoms with Gasteiger partial charge in [0, 0.05) is 62.6 Å². The minimum Gasteiger partial charge on any atom is -0.477 e. The number of anilines is 1. The maximum absolute atomic E-state index is 15.3. The van der Waals surface area contributed by atoms with Crippen molar-refractivity contribution in [3.05, 3.63) is 70.0 Å². The molecule has 5 rings (SSSR count). The van der Waals surface area contributed by atoms with Crippen molar-refractivity contribution in [1.82, 2.24) is 14.5 Å². The number of hydrogen-bond acceptors (Lipinski definition) is 8. The molecule has 0 radical (unpaired) electrons. The van der Waals surface area contributed by atoms with Crippen LogP contribution in [-0.2, 0) is 20.3 Å². The summed E-state index contributed by atoms with van der Waals surface area (Å²) in [7, 11) is -11.6. The standard InChI is InChI=1S/C25H27FN4O11P2/c26-19-10-17-20(30(16-3-4-16)14-18(22(17)31)23(32)33)11-21(19)28-6-8-29(9-7-28)24(34)41-25(42(35,36)37,43(38,39)40)12-15-2-1-5-27-13-15/h1-2,5,10-11,13-14,16H,3-4,6-9,12H2,(H,32,33)(H2,35,36,37)(H2,38,39,40). The Kier molecular flexibility index (Phi) is 7.97. The van der Waals surface area contributed by atoms with E-state index in [9.17, 15) is 48.2 Å². The molecule has 1 saturated heterocycles. The van der Waals surface area contributed by atoms with Crippen LogP contribution in [0.1, 0.15) is 34.8 Å². The molecule has 18 heteroatoms. The molecule has 2 fully saturated rings. The van der Waals surface area contributed by atoms with Crippen LogP contribution in [-0.4, -0.2) is 82.5 Å². The Balaban J connectivity index is 1.39. The Hall–Kier alpha value is -3.65. The van der Waals surface area contributed by atoms with Gasteiger partial charge in [-0.2, -0.15) is 0 Å². The fourth-order valence-electron chi connectivity index (χ4n) is 5.04. The summed E-state index contributed by atoms with van der Waals surface area (Å²) in [5, 5.41) is 5.84. The van der Waals surface area contributed by atoms with Gasteiger partial charge in [0.2, 0.25) is 5.43 Å². The van der Waals surface area contributed by atoms with Crippen LogP contribution in [0.2, 0.25) is 0 Å². The lowest BCUT2D eigenvalue weighted by molar-refractivity contribution is 0.0489. The molecular formula is C25H27FN4O11P2. The molecule has 15 nitrogen and oxygen atoms in total. The summed E-state index contributed by atoms with van der Waals surface area (Å²) in [6.07, 6.45) is 2.82. The number of pyridine rings is 2. The first-order chi connectivity index (χ1) is 20.1. The van der Waals surface area contributed by atoms with E-state index in [1.54, 1.807) is 9.47 Å². The van der Waals surface area contributed by atoms with Crippen molar-refractivity contribution in [2.45, 2.75) is 30.4 Å². The van der Waals surface area contributed by atoms with Gasteiger partial charge in [0.15, 0.2) is 0 Å². The average molecular weight is 640 g/mol. The van der Waals surface area contributed by atoms with Crippen LogP contribution in [0.4, 0.5) is 14.9 Å². The van der Waals surface area contributed by atoms with Gasteiger partial charge in [-0.3, -0.25) is 18.9 Å². The van der Waals surface area contributed by atoms with E-state index in [1.165, 1.54) is 30.6 Å². The summed E-state index contributed by atoms with van der Waals surface area (Å²) in [5.41, 5.74) is -0.863. The first-order valence-electron chi connectivity index (χ1n) is 13.0. The molecule has 2 aromatic heterocycles. The summed E-state index contributed by atoms with van der Waals surface area (Å²) < 4.78 is 46.8. The first-order valence-corrected chi connectivity index (χ1v) is 16.2. The maximum atomic E-state index is 15.3. The zero-order valence-electron chi connectivity index (χ0n) is 22.3. The van der Waals surface area contributed by atoms with E-state index in [2.05, 4.69) is 4.98 Å². The lowest BCUT2D eigenvalue weighted by Crippen LogP contribution is -2.51. The second-order valence-corrected chi connectivity index (χ2v) is 14.3. The summed E-state index contributed by atoms with van der Waals surface area (Å²) >= 11 is 0. The van der Waals surface area contributed by atoms with Gasteiger partial charge < -0.3 is 43.8 Å². The van der Waals surface area contributed by atoms with Crippen molar-refractivity contribution < 1.29 is 52.5 Å². The Morgan fingerprint density at radius 3 is 2.26 bits per heavy atom. The number of amides is 1. The van der Waals surface area contributed by atoms with E-state index in [1.807, 2.05) is 0 Å². The van der Waals surface area contributed by atoms with Crippen LogP contribution in [0, 0.1) is 5.82 Å². The normalized spacial score (nSPS) is 16.4. The number of ether oxygens (including phenoxy) is 1. The van der Waals surface area contributed by atoms with Crippen LogP contribution in [0.3, 0.4) is 0 Å². The van der Waals surface area contributed by atoms with E-state index < -0.39 is 55.6 Å². The molecule has 5 N–H and O–H groups in total. The molecule has 3 heterocycles. The van der Waals surface area contributed by atoms with Gasteiger partial charge in [-0.15, -0.1) is 0 Å². The number of rotatable bonds is 8. The second-order valence-electron chi connectivity index (χ2n) is 10.3. The van der Waals surface area contributed by atoms with Gasteiger partial charge >= 0.3 is 32.3 Å². The molecule has 1 aromatic carbocycles. The van der Waals surface area contributed by atoms with E-state index in [0.717, 1.165) is 30.0 Å². The number of nitrogens with zero attached hydrogens (tertiary/aromatic N) is 4. The van der Waals surface area contributed by atoms with E-state index >= 15 is 4.39 Å². The molecule has 2 aliphatic rings. The van der Waals surface area contributed by atoms with Crippen molar-refractivity contribution in [3.63, 3.8) is 0 Å². The number of fused-ring (bicyclic) bond motifs is 1. The monoisotopic (exact) mass is 640 g/mol. The van der Waals surface area contributed by atoms with Crippen molar-refractivity contribution in [3.8, 4) is 0 Å². The molecule has 0 unspecified atom stereocenters. The van der Waals surface area contributed by atoms with Crippen LogP contribution >= 0.6 is 15.2 Å². The minimum atomic E-state index is -5.80. The number of hydrogen-bond donors (Lipinski definition) is 5. The molecule has 230 valence electrons. The van der Waals surface area contributed by atoms with Crippen LogP contribution in [0.15, 0.2) is 47.7 Å². The van der Waals surface area contributed by atoms with Crippen molar-refractivity contribution >= 4 is 43.8 Å². The third-order valence-corrected chi connectivity index (χ3v) is 11.4. The van der Waals surface area contributed by atoms with Crippen LogP contribution in [0.25, 0.3) is 10.9 Å². The largest absolute Gasteiger partial charge is 0.477 e. The van der Waals surface area contributed by atoms with Crippen molar-refractivity contribution in [1.29, 1.82) is 0 Å². The Labute approximate surface area is 242 Å². The lowest BCUT2D eigenvalue weighted by atomic mass is 10.1. The average Bonchev–Trinajstić information content (AvgIpc) is 3.77. The van der Waals surface area contributed by atoms with Gasteiger partial charge in [-0.1, -0.05) is 6.07 Å². The Bertz CT molecular complexity index is 1720. The van der Waals surface area contributed by atoms with Crippen LogP contribution in [0.5, 0.6) is 0 Å². The topological polar surface area (TPSA) is 220 Å². The summed E-state index contributed by atoms with van der Waals surface area (Å²) in [6.45, 7) is -0.371. The number of carbonyl (C=O) groups is 2. The highest BCUT2D eigenvalue weighted by atomic mass is 31.2. The molecule has 1 aliphatic carbocycles. The summed E-state index contributed by atoms with van der Waals surface area (Å²) in [4.78, 5) is 83.7. The number of aromatic carboxylic acids is 1. The fraction of sp³-hybridized carbons (Fsp3) is 0.360. The highest BCUT2D eigenvalue weighted by Crippen LogP contribution is 2.70. The number of piperazine rings is 1. The third kappa shape index (κ3) is 5.81. The van der Waals surface area contributed by atoms with Gasteiger partial charge in [-0.25, -0.2) is 14.0 Å². The Morgan fingerprint density at radius 1 is 1.07 bits per heavy atom. The van der Waals surface area contributed by atoms with Crippen LogP contribution < -0.4 is 10.3 Å². The summed E-state index contributed by atoms with van der Waals surface area (Å²) in [6, 6.07) is 5.06. The number of benzene rings is 1. The highest BCUT2D eigenvalue weighted by Gasteiger charge is 2.64. The van der Waals surface area contributed by atoms with Crippen molar-refractivity contribution in [2.24, 2.45) is 0 Å². The van der Waals surface area contributed by atoms with E-state index in [-0.39, 0.29) is 48.9 Å². The molecule has 1 aliphatic heterocycles. The summed E-state index contributed by atoms with van der Waals surface area (Å²) in [5.74, 6) is -2.22. The molecule has 0 spiro atoms. The van der Waals surface area contributed by atoms with Gasteiger partial charge in [0.25, 0.3) is 0 Å². The number of carboxylic acids is 1. The number of carbonyl (C=O) groups excluding carboxylic acids is 1. The molecular weight excluding hydrogens is 613 g/mol. The SMILES string of the molecule is O=C(O)c1cn(C2CC2)c2cc(N3CCN(C(=O)OC(Cc4cccnc4)(P(=O)(O)O)P(=O)(O)O)CC3)c(F)cc2c1=O. The van der Waals surface area contributed by atoms with E-state index in [0.29, 0.717) is 5.52 Å². The third-order valence-electron chi connectivity index (χ3n) is 7.47. The number of aromatic nitrogens is 2. The maximum Gasteiger partial charge on any atom is 0.411 e. The predicted octanol–water partition coefficient (Wildman–Crippen LogP) is 2.08. The zero-order chi connectivity index (χ0) is 31.3. The van der Waals surface area contributed by atoms with Gasteiger partial charge in [0.1, 0.15) is 11.4 Å². The van der Waals surface area contributed by atoms with E-state index in [4.69, 9.17) is 4.74 Å². The number of carboxylic acid groups (broad SMARTS) is 1. The molecule has 0 bridgehead atoms. The lowest BCUT2D eigenvalue weighted by Gasteiger charge is -2.39. The Morgan fingerprint density at radius 2 is 1.72 bits per heavy atom. The smallest absolute Gasteiger partial charge is 0.411 e. The highest BCUT2D eigenvalue weighted by molar-refractivity contribution is 7.72. The minimum absolute atomic E-state index is 0.00121. The van der Waals surface area contributed by atoms with Gasteiger partial charge in [0.05, 0.1) is 11.2 Å². The predicted molar refractivity (Wildman–Crippen MR) is 148 cm³/mol. The van der Waals surface area contributed by atoms with Gasteiger partial charge in [-0.05, 0) is 36.6 Å². The molecule has 1 saturated carbocycles. The fourth-order valence-corrected chi connectivity index (χ4v) is 7.57. The number of halogens is 1. The molecule has 1 amide bonds. The zero-order valence-corrected chi connectivity index (χ0v) is 24.1. The van der Waals surface area contributed by atoms with Crippen molar-refractivity contribution in [2.75, 3.05) is 31.1 Å². The molecule has 0 atom stereocenters. The molecule has 3 aromatic rings. The molecule has 43 heavy (non-hydrogen) atoms. The second kappa shape index (κ2) is 11.1. The quantitative estimate of drug-likeness (QED) is 0.223. The first kappa shape index (κ1) is 30.8.